The normalized spacial score (nSPS) is 14.5. The Bertz CT molecular complexity index is 860. The maximum absolute atomic E-state index is 13.0. The summed E-state index contributed by atoms with van der Waals surface area (Å²) in [6.45, 7) is 6.80. The summed E-state index contributed by atoms with van der Waals surface area (Å²) in [5.74, 6) is -0.438. The monoisotopic (exact) mass is 369 g/mol. The summed E-state index contributed by atoms with van der Waals surface area (Å²) < 4.78 is 0. The van der Waals surface area contributed by atoms with Crippen LogP contribution in [0.2, 0.25) is 0 Å². The Morgan fingerprint density at radius 1 is 1.07 bits per heavy atom. The van der Waals surface area contributed by atoms with Crippen molar-refractivity contribution in [1.82, 2.24) is 4.90 Å². The quantitative estimate of drug-likeness (QED) is 0.737. The van der Waals surface area contributed by atoms with Gasteiger partial charge in [-0.3, -0.25) is 4.79 Å². The number of hydrogen-bond acceptors (Lipinski definition) is 4. The molecule has 1 aliphatic heterocycles. The van der Waals surface area contributed by atoms with Crippen molar-refractivity contribution in [1.29, 1.82) is 0 Å². The highest BCUT2D eigenvalue weighted by molar-refractivity contribution is 5.97. The Kier molecular flexibility index (Phi) is 5.42. The highest BCUT2D eigenvalue weighted by Crippen LogP contribution is 2.35. The molecule has 1 aliphatic rings. The minimum absolute atomic E-state index is 0.00156. The smallest absolute Gasteiger partial charge is 0.258 e. The van der Waals surface area contributed by atoms with Crippen LogP contribution in [0.5, 0.6) is 11.5 Å². The minimum Gasteiger partial charge on any atom is -0.508 e. The van der Waals surface area contributed by atoms with Crippen LogP contribution in [0.15, 0.2) is 30.3 Å². The summed E-state index contributed by atoms with van der Waals surface area (Å²) in [5, 5.41) is 30.4. The summed E-state index contributed by atoms with van der Waals surface area (Å²) in [6.07, 6.45) is 1.13. The first-order valence-corrected chi connectivity index (χ1v) is 9.46. The van der Waals surface area contributed by atoms with Crippen LogP contribution in [0, 0.1) is 0 Å². The first-order valence-electron chi connectivity index (χ1n) is 9.46. The van der Waals surface area contributed by atoms with Crippen LogP contribution in [0.25, 0.3) is 0 Å². The number of aromatic hydroxyl groups is 2. The average molecular weight is 369 g/mol. The van der Waals surface area contributed by atoms with Crippen LogP contribution in [0.3, 0.4) is 0 Å². The number of phenols is 2. The number of fused-ring (bicyclic) bond motifs is 1. The molecule has 0 bridgehead atoms. The predicted molar refractivity (Wildman–Crippen MR) is 104 cm³/mol. The van der Waals surface area contributed by atoms with Crippen molar-refractivity contribution < 1.29 is 20.1 Å². The number of aliphatic hydroxyl groups excluding tert-OH is 1. The van der Waals surface area contributed by atoms with E-state index in [1.807, 2.05) is 39.0 Å². The minimum atomic E-state index is -0.486. The van der Waals surface area contributed by atoms with Gasteiger partial charge in [0, 0.05) is 19.2 Å². The molecule has 5 heteroatoms. The lowest BCUT2D eigenvalue weighted by Gasteiger charge is -2.18. The molecule has 1 amide bonds. The van der Waals surface area contributed by atoms with Crippen molar-refractivity contribution in [2.75, 3.05) is 0 Å². The van der Waals surface area contributed by atoms with Gasteiger partial charge in [0.1, 0.15) is 11.5 Å². The van der Waals surface area contributed by atoms with E-state index >= 15 is 0 Å². The van der Waals surface area contributed by atoms with Gasteiger partial charge in [-0.1, -0.05) is 45.4 Å². The molecule has 3 N–H and O–H groups in total. The third kappa shape index (κ3) is 3.78. The van der Waals surface area contributed by atoms with Crippen molar-refractivity contribution >= 4 is 5.91 Å². The highest BCUT2D eigenvalue weighted by Gasteiger charge is 2.27. The van der Waals surface area contributed by atoms with Gasteiger partial charge in [0.2, 0.25) is 0 Å². The molecule has 2 aromatic rings. The van der Waals surface area contributed by atoms with Crippen LogP contribution in [0.4, 0.5) is 0 Å². The summed E-state index contributed by atoms with van der Waals surface area (Å²) >= 11 is 0. The van der Waals surface area contributed by atoms with Gasteiger partial charge < -0.3 is 20.2 Å². The highest BCUT2D eigenvalue weighted by atomic mass is 16.3. The van der Waals surface area contributed by atoms with Crippen molar-refractivity contribution in [2.45, 2.75) is 58.7 Å². The molecule has 2 aromatic carbocycles. The van der Waals surface area contributed by atoms with E-state index in [0.29, 0.717) is 25.1 Å². The fraction of sp³-hybridized carbons (Fsp3) is 0.409. The zero-order valence-corrected chi connectivity index (χ0v) is 16.1. The van der Waals surface area contributed by atoms with Crippen molar-refractivity contribution in [2.24, 2.45) is 0 Å². The molecule has 1 heterocycles. The van der Waals surface area contributed by atoms with Crippen LogP contribution in [-0.2, 0) is 13.1 Å². The topological polar surface area (TPSA) is 81.0 Å². The average Bonchev–Trinajstić information content (AvgIpc) is 3.04. The standard InChI is InChI=1S/C22H27NO4/c1-4-5-19(24)14-6-7-15-11-23(12-16(15)8-14)22(27)18-9-17(13(2)3)20(25)10-21(18)26/h6-10,13,19,24-26H,4-5,11-12H2,1-3H3. The van der Waals surface area contributed by atoms with Gasteiger partial charge in [-0.25, -0.2) is 0 Å². The number of rotatable bonds is 5. The van der Waals surface area contributed by atoms with E-state index in [1.54, 1.807) is 11.0 Å². The van der Waals surface area contributed by atoms with E-state index in [1.165, 1.54) is 6.07 Å². The van der Waals surface area contributed by atoms with E-state index in [9.17, 15) is 20.1 Å². The van der Waals surface area contributed by atoms with Crippen LogP contribution in [-0.4, -0.2) is 26.1 Å². The van der Waals surface area contributed by atoms with Gasteiger partial charge in [0.25, 0.3) is 5.91 Å². The number of benzene rings is 2. The molecule has 0 saturated carbocycles. The number of hydrogen-bond donors (Lipinski definition) is 3. The summed E-state index contributed by atoms with van der Waals surface area (Å²) in [7, 11) is 0. The molecule has 0 aromatic heterocycles. The third-order valence-electron chi connectivity index (χ3n) is 5.18. The van der Waals surface area contributed by atoms with Gasteiger partial charge in [0.15, 0.2) is 0 Å². The van der Waals surface area contributed by atoms with Crippen LogP contribution in [0.1, 0.15) is 78.2 Å². The molecular formula is C22H27NO4. The SMILES string of the molecule is CCCC(O)c1ccc2c(c1)CN(C(=O)c1cc(C(C)C)c(O)cc1O)C2. The van der Waals surface area contributed by atoms with Crippen molar-refractivity contribution in [3.05, 3.63) is 58.1 Å². The predicted octanol–water partition coefficient (Wildman–Crippen LogP) is 4.21. The molecule has 3 rings (SSSR count). The fourth-order valence-corrected chi connectivity index (χ4v) is 3.60. The first kappa shape index (κ1) is 19.2. The largest absolute Gasteiger partial charge is 0.508 e. The number of phenolic OH excluding ortho intramolecular Hbond substituents is 2. The molecule has 0 saturated heterocycles. The summed E-state index contributed by atoms with van der Waals surface area (Å²) in [4.78, 5) is 14.7. The van der Waals surface area contributed by atoms with Gasteiger partial charge >= 0.3 is 0 Å². The number of nitrogens with zero attached hydrogens (tertiary/aromatic N) is 1. The second-order valence-corrected chi connectivity index (χ2v) is 7.58. The zero-order valence-electron chi connectivity index (χ0n) is 16.1. The molecule has 144 valence electrons. The van der Waals surface area contributed by atoms with E-state index in [2.05, 4.69) is 0 Å². The van der Waals surface area contributed by atoms with Crippen molar-refractivity contribution in [3.63, 3.8) is 0 Å². The lowest BCUT2D eigenvalue weighted by molar-refractivity contribution is 0.0748. The second-order valence-electron chi connectivity index (χ2n) is 7.58. The lowest BCUT2D eigenvalue weighted by atomic mass is 9.98. The van der Waals surface area contributed by atoms with E-state index in [-0.39, 0.29) is 28.9 Å². The summed E-state index contributed by atoms with van der Waals surface area (Å²) in [5.41, 5.74) is 3.80. The molecule has 1 atom stereocenters. The molecule has 0 spiro atoms. The molecule has 0 aliphatic carbocycles. The number of carbonyl (C=O) groups excluding carboxylic acids is 1. The third-order valence-corrected chi connectivity index (χ3v) is 5.18. The zero-order chi connectivity index (χ0) is 19.7. The van der Waals surface area contributed by atoms with E-state index in [0.717, 1.165) is 23.1 Å². The molecule has 0 fully saturated rings. The molecular weight excluding hydrogens is 342 g/mol. The maximum Gasteiger partial charge on any atom is 0.258 e. The number of aliphatic hydroxyl groups is 1. The number of carbonyl (C=O) groups is 1. The van der Waals surface area contributed by atoms with Gasteiger partial charge in [-0.05, 0) is 40.7 Å². The van der Waals surface area contributed by atoms with Crippen LogP contribution < -0.4 is 0 Å². The van der Waals surface area contributed by atoms with Crippen LogP contribution >= 0.6 is 0 Å². The van der Waals surface area contributed by atoms with E-state index < -0.39 is 6.10 Å². The van der Waals surface area contributed by atoms with Gasteiger partial charge in [0.05, 0.1) is 11.7 Å². The Hall–Kier alpha value is -2.53. The van der Waals surface area contributed by atoms with E-state index in [4.69, 9.17) is 0 Å². The van der Waals surface area contributed by atoms with Gasteiger partial charge in [-0.2, -0.15) is 0 Å². The first-order chi connectivity index (χ1) is 12.8. The molecule has 5 nitrogen and oxygen atoms in total. The molecule has 1 unspecified atom stereocenters. The van der Waals surface area contributed by atoms with Gasteiger partial charge in [-0.15, -0.1) is 0 Å². The maximum atomic E-state index is 13.0. The number of amides is 1. The molecule has 0 radical (unpaired) electrons. The van der Waals surface area contributed by atoms with Crippen molar-refractivity contribution in [3.8, 4) is 11.5 Å². The molecule has 27 heavy (non-hydrogen) atoms. The Balaban J connectivity index is 1.84. The second kappa shape index (κ2) is 7.61. The Morgan fingerprint density at radius 2 is 1.78 bits per heavy atom. The Morgan fingerprint density at radius 3 is 2.44 bits per heavy atom. The lowest BCUT2D eigenvalue weighted by Crippen LogP contribution is -2.25. The fourth-order valence-electron chi connectivity index (χ4n) is 3.60. The Labute approximate surface area is 159 Å². The summed E-state index contributed by atoms with van der Waals surface area (Å²) in [6, 6.07) is 8.68.